The summed E-state index contributed by atoms with van der Waals surface area (Å²) in [5.41, 5.74) is 0.102. The molecule has 2 amide bonds. The highest BCUT2D eigenvalue weighted by molar-refractivity contribution is 6.34. The van der Waals surface area contributed by atoms with Gasteiger partial charge in [0.25, 0.3) is 5.91 Å². The smallest absolute Gasteiger partial charge is 0.251 e. The standard InChI is InChI=1S/C13H16Cl2N2O2/c1-13(2,7-14)12(19)17-10-6-8(11(18)16-3)4-5-9(10)15/h4-6H,7H2,1-3H3,(H,16,18)(H,17,19). The minimum atomic E-state index is -0.714. The van der Waals surface area contributed by atoms with E-state index >= 15 is 0 Å². The van der Waals surface area contributed by atoms with Gasteiger partial charge in [-0.1, -0.05) is 11.6 Å². The van der Waals surface area contributed by atoms with Crippen LogP contribution in [0.3, 0.4) is 0 Å². The van der Waals surface area contributed by atoms with Gasteiger partial charge in [-0.2, -0.15) is 0 Å². The molecule has 0 aliphatic carbocycles. The number of anilines is 1. The second-order valence-corrected chi connectivity index (χ2v) is 5.42. The summed E-state index contributed by atoms with van der Waals surface area (Å²) in [6, 6.07) is 4.68. The zero-order chi connectivity index (χ0) is 14.6. The molecule has 0 atom stereocenters. The van der Waals surface area contributed by atoms with Crippen LogP contribution in [-0.4, -0.2) is 24.7 Å². The van der Waals surface area contributed by atoms with Gasteiger partial charge in [0.05, 0.1) is 16.1 Å². The van der Waals surface area contributed by atoms with Crippen LogP contribution >= 0.6 is 23.2 Å². The Hall–Kier alpha value is -1.26. The maximum atomic E-state index is 12.0. The first-order valence-electron chi connectivity index (χ1n) is 5.71. The summed E-state index contributed by atoms with van der Waals surface area (Å²) in [5.74, 6) is -0.312. The SMILES string of the molecule is CNC(=O)c1ccc(Cl)c(NC(=O)C(C)(C)CCl)c1. The minimum Gasteiger partial charge on any atom is -0.355 e. The number of halogens is 2. The summed E-state index contributed by atoms with van der Waals surface area (Å²) in [6.45, 7) is 3.46. The van der Waals surface area contributed by atoms with Crippen molar-refractivity contribution in [1.82, 2.24) is 5.32 Å². The topological polar surface area (TPSA) is 58.2 Å². The molecule has 6 heteroatoms. The van der Waals surface area contributed by atoms with E-state index in [2.05, 4.69) is 10.6 Å². The molecule has 1 aromatic carbocycles. The molecule has 0 unspecified atom stereocenters. The summed E-state index contributed by atoms with van der Waals surface area (Å²) >= 11 is 11.7. The van der Waals surface area contributed by atoms with Crippen LogP contribution in [0.5, 0.6) is 0 Å². The van der Waals surface area contributed by atoms with E-state index < -0.39 is 5.41 Å². The van der Waals surface area contributed by atoms with Crippen LogP contribution in [0.1, 0.15) is 24.2 Å². The van der Waals surface area contributed by atoms with Crippen molar-refractivity contribution in [1.29, 1.82) is 0 Å². The van der Waals surface area contributed by atoms with Crippen molar-refractivity contribution in [3.63, 3.8) is 0 Å². The quantitative estimate of drug-likeness (QED) is 0.840. The Morgan fingerprint density at radius 3 is 2.47 bits per heavy atom. The van der Waals surface area contributed by atoms with Crippen molar-refractivity contribution < 1.29 is 9.59 Å². The fourth-order valence-corrected chi connectivity index (χ4v) is 1.54. The van der Waals surface area contributed by atoms with Crippen LogP contribution in [0, 0.1) is 5.41 Å². The van der Waals surface area contributed by atoms with Crippen molar-refractivity contribution in [3.8, 4) is 0 Å². The molecule has 0 saturated heterocycles. The first kappa shape index (κ1) is 15.8. The predicted molar refractivity (Wildman–Crippen MR) is 78.0 cm³/mol. The van der Waals surface area contributed by atoms with E-state index in [0.29, 0.717) is 16.3 Å². The number of rotatable bonds is 4. The average molecular weight is 303 g/mol. The highest BCUT2D eigenvalue weighted by Crippen LogP contribution is 2.26. The molecular weight excluding hydrogens is 287 g/mol. The molecule has 19 heavy (non-hydrogen) atoms. The van der Waals surface area contributed by atoms with E-state index in [1.165, 1.54) is 13.1 Å². The molecule has 0 spiro atoms. The number of benzene rings is 1. The van der Waals surface area contributed by atoms with Crippen LogP contribution in [0.2, 0.25) is 5.02 Å². The number of hydrogen-bond acceptors (Lipinski definition) is 2. The normalized spacial score (nSPS) is 11.0. The molecular formula is C13H16Cl2N2O2. The Morgan fingerprint density at radius 1 is 1.32 bits per heavy atom. The number of alkyl halides is 1. The van der Waals surface area contributed by atoms with Gasteiger partial charge in [-0.05, 0) is 32.0 Å². The maximum Gasteiger partial charge on any atom is 0.251 e. The summed E-state index contributed by atoms with van der Waals surface area (Å²) in [6.07, 6.45) is 0. The number of nitrogens with one attached hydrogen (secondary N) is 2. The average Bonchev–Trinajstić information content (AvgIpc) is 2.40. The lowest BCUT2D eigenvalue weighted by molar-refractivity contribution is -0.122. The van der Waals surface area contributed by atoms with Crippen LogP contribution in [0.15, 0.2) is 18.2 Å². The highest BCUT2D eigenvalue weighted by atomic mass is 35.5. The van der Waals surface area contributed by atoms with Crippen molar-refractivity contribution >= 4 is 40.7 Å². The Labute approximate surface area is 122 Å². The predicted octanol–water partition coefficient (Wildman–Crippen LogP) is 2.90. The lowest BCUT2D eigenvalue weighted by Crippen LogP contribution is -2.32. The second-order valence-electron chi connectivity index (χ2n) is 4.75. The van der Waals surface area contributed by atoms with E-state index in [-0.39, 0.29) is 17.7 Å². The summed E-state index contributed by atoms with van der Waals surface area (Å²) in [7, 11) is 1.53. The lowest BCUT2D eigenvalue weighted by Gasteiger charge is -2.21. The van der Waals surface area contributed by atoms with Crippen molar-refractivity contribution in [2.75, 3.05) is 18.2 Å². The monoisotopic (exact) mass is 302 g/mol. The third kappa shape index (κ3) is 3.85. The number of hydrogen-bond donors (Lipinski definition) is 2. The van der Waals surface area contributed by atoms with E-state index in [4.69, 9.17) is 23.2 Å². The molecule has 0 heterocycles. The third-order valence-corrected chi connectivity index (χ3v) is 3.65. The van der Waals surface area contributed by atoms with Gasteiger partial charge < -0.3 is 10.6 Å². The van der Waals surface area contributed by atoms with Gasteiger partial charge in [-0.15, -0.1) is 11.6 Å². The molecule has 0 saturated carbocycles. The minimum absolute atomic E-state index is 0.186. The molecule has 1 rings (SSSR count). The van der Waals surface area contributed by atoms with Crippen molar-refractivity contribution in [2.24, 2.45) is 5.41 Å². The third-order valence-electron chi connectivity index (χ3n) is 2.65. The molecule has 0 aliphatic rings. The van der Waals surface area contributed by atoms with Crippen LogP contribution in [0.4, 0.5) is 5.69 Å². The van der Waals surface area contributed by atoms with E-state index in [1.807, 2.05) is 0 Å². The highest BCUT2D eigenvalue weighted by Gasteiger charge is 2.27. The van der Waals surface area contributed by atoms with E-state index in [9.17, 15) is 9.59 Å². The number of carbonyl (C=O) groups excluding carboxylic acids is 2. The number of amides is 2. The fourth-order valence-electron chi connectivity index (χ4n) is 1.26. The molecule has 0 aromatic heterocycles. The van der Waals surface area contributed by atoms with E-state index in [0.717, 1.165) is 0 Å². The Balaban J connectivity index is 3.01. The first-order chi connectivity index (χ1) is 8.81. The summed E-state index contributed by atoms with van der Waals surface area (Å²) < 4.78 is 0. The van der Waals surface area contributed by atoms with Crippen molar-refractivity contribution in [2.45, 2.75) is 13.8 Å². The molecule has 2 N–H and O–H groups in total. The number of carbonyl (C=O) groups is 2. The van der Waals surface area contributed by atoms with Gasteiger partial charge in [0, 0.05) is 18.5 Å². The Morgan fingerprint density at radius 2 is 1.95 bits per heavy atom. The van der Waals surface area contributed by atoms with Gasteiger partial charge in [-0.25, -0.2) is 0 Å². The second kappa shape index (κ2) is 6.26. The largest absolute Gasteiger partial charge is 0.355 e. The first-order valence-corrected chi connectivity index (χ1v) is 6.62. The zero-order valence-electron chi connectivity index (χ0n) is 11.0. The zero-order valence-corrected chi connectivity index (χ0v) is 12.5. The van der Waals surface area contributed by atoms with Crippen LogP contribution in [0.25, 0.3) is 0 Å². The molecule has 104 valence electrons. The van der Waals surface area contributed by atoms with Crippen LogP contribution in [-0.2, 0) is 4.79 Å². The Kier molecular flexibility index (Phi) is 5.20. The molecule has 4 nitrogen and oxygen atoms in total. The molecule has 0 bridgehead atoms. The molecule has 0 fully saturated rings. The maximum absolute atomic E-state index is 12.0. The van der Waals surface area contributed by atoms with Gasteiger partial charge in [0.2, 0.25) is 5.91 Å². The lowest BCUT2D eigenvalue weighted by atomic mass is 9.95. The molecule has 0 radical (unpaired) electrons. The van der Waals surface area contributed by atoms with E-state index in [1.54, 1.807) is 26.0 Å². The van der Waals surface area contributed by atoms with Gasteiger partial charge in [0.15, 0.2) is 0 Å². The van der Waals surface area contributed by atoms with Gasteiger partial charge in [0.1, 0.15) is 0 Å². The van der Waals surface area contributed by atoms with Gasteiger partial charge in [-0.3, -0.25) is 9.59 Å². The summed E-state index contributed by atoms with van der Waals surface area (Å²) in [5, 5.41) is 5.56. The fraction of sp³-hybridized carbons (Fsp3) is 0.385. The van der Waals surface area contributed by atoms with Crippen LogP contribution < -0.4 is 10.6 Å². The summed E-state index contributed by atoms with van der Waals surface area (Å²) in [4.78, 5) is 23.5. The van der Waals surface area contributed by atoms with Crippen molar-refractivity contribution in [3.05, 3.63) is 28.8 Å². The molecule has 1 aromatic rings. The molecule has 0 aliphatic heterocycles. The van der Waals surface area contributed by atoms with Gasteiger partial charge >= 0.3 is 0 Å². The Bertz CT molecular complexity index is 501.